The highest BCUT2D eigenvalue weighted by atomic mass is 16.4. The van der Waals surface area contributed by atoms with Crippen LogP contribution in [0.1, 0.15) is 32.6 Å². The fourth-order valence-electron chi connectivity index (χ4n) is 3.02. The number of hydrogen-bond acceptors (Lipinski definition) is 2. The van der Waals surface area contributed by atoms with Crippen LogP contribution >= 0.6 is 0 Å². The Kier molecular flexibility index (Phi) is 3.28. The zero-order valence-corrected chi connectivity index (χ0v) is 9.82. The van der Waals surface area contributed by atoms with Crippen molar-refractivity contribution in [3.8, 4) is 0 Å². The third-order valence-electron chi connectivity index (χ3n) is 3.83. The fraction of sp³-hybridized carbons (Fsp3) is 0.500. The van der Waals surface area contributed by atoms with Crippen LogP contribution in [0.3, 0.4) is 0 Å². The lowest BCUT2D eigenvalue weighted by Crippen LogP contribution is -2.11. The molecule has 0 aromatic heterocycles. The van der Waals surface area contributed by atoms with E-state index in [0.717, 1.165) is 25.0 Å². The van der Waals surface area contributed by atoms with Crippen LogP contribution in [-0.2, 0) is 0 Å². The van der Waals surface area contributed by atoms with Crippen molar-refractivity contribution >= 4 is 5.71 Å². The molecule has 2 atom stereocenters. The minimum Gasteiger partial charge on any atom is -0.411 e. The van der Waals surface area contributed by atoms with Crippen molar-refractivity contribution in [2.24, 2.45) is 17.0 Å². The first-order chi connectivity index (χ1) is 7.80. The molecular formula is C14H19NO. The molecule has 0 amide bonds. The highest BCUT2D eigenvalue weighted by Crippen LogP contribution is 2.42. The molecule has 2 rings (SSSR count). The number of oxime groups is 1. The van der Waals surface area contributed by atoms with Crippen LogP contribution in [0, 0.1) is 11.8 Å². The quantitative estimate of drug-likeness (QED) is 0.527. The van der Waals surface area contributed by atoms with Gasteiger partial charge in [0.05, 0.1) is 5.71 Å². The maximum atomic E-state index is 9.10. The van der Waals surface area contributed by atoms with E-state index in [1.807, 2.05) is 6.08 Å². The molecule has 0 aromatic carbocycles. The predicted octanol–water partition coefficient (Wildman–Crippen LogP) is 3.70. The summed E-state index contributed by atoms with van der Waals surface area (Å²) in [6, 6.07) is 0. The molecule has 86 valence electrons. The summed E-state index contributed by atoms with van der Waals surface area (Å²) in [5.74, 6) is 0.899. The molecule has 2 saturated carbocycles. The van der Waals surface area contributed by atoms with Gasteiger partial charge in [-0.25, -0.2) is 0 Å². The van der Waals surface area contributed by atoms with E-state index >= 15 is 0 Å². The maximum Gasteiger partial charge on any atom is 0.0639 e. The Morgan fingerprint density at radius 1 is 1.25 bits per heavy atom. The van der Waals surface area contributed by atoms with Crippen molar-refractivity contribution in [3.05, 3.63) is 36.0 Å². The minimum absolute atomic E-state index is 0.443. The first kappa shape index (κ1) is 11.2. The minimum atomic E-state index is 0.443. The van der Waals surface area contributed by atoms with E-state index in [4.69, 9.17) is 5.21 Å². The van der Waals surface area contributed by atoms with E-state index < -0.39 is 0 Å². The second-order valence-electron chi connectivity index (χ2n) is 4.65. The normalized spacial score (nSPS) is 36.9. The van der Waals surface area contributed by atoms with Crippen LogP contribution in [0.5, 0.6) is 0 Å². The van der Waals surface area contributed by atoms with Crippen LogP contribution in [0.15, 0.2) is 41.1 Å². The molecule has 2 heteroatoms. The van der Waals surface area contributed by atoms with Gasteiger partial charge in [0.25, 0.3) is 0 Å². The van der Waals surface area contributed by atoms with Gasteiger partial charge in [-0.15, -0.1) is 0 Å². The first-order valence-electron chi connectivity index (χ1n) is 5.99. The van der Waals surface area contributed by atoms with Gasteiger partial charge < -0.3 is 5.21 Å². The summed E-state index contributed by atoms with van der Waals surface area (Å²) >= 11 is 0. The fourth-order valence-corrected chi connectivity index (χ4v) is 3.02. The Morgan fingerprint density at radius 2 is 1.88 bits per heavy atom. The monoisotopic (exact) mass is 217 g/mol. The van der Waals surface area contributed by atoms with E-state index in [1.54, 1.807) is 0 Å². The molecule has 0 aliphatic heterocycles. The largest absolute Gasteiger partial charge is 0.411 e. The first-order valence-corrected chi connectivity index (χ1v) is 5.99. The van der Waals surface area contributed by atoms with Crippen LogP contribution in [0.4, 0.5) is 0 Å². The summed E-state index contributed by atoms with van der Waals surface area (Å²) in [6.45, 7) is 5.86. The molecule has 0 heterocycles. The van der Waals surface area contributed by atoms with Gasteiger partial charge in [0.15, 0.2) is 0 Å². The lowest BCUT2D eigenvalue weighted by molar-refractivity contribution is 0.313. The molecule has 2 fully saturated rings. The van der Waals surface area contributed by atoms with Gasteiger partial charge in [-0.3, -0.25) is 0 Å². The van der Waals surface area contributed by atoms with Crippen LogP contribution < -0.4 is 0 Å². The number of allylic oxidation sites excluding steroid dienone is 5. The average Bonchev–Trinajstić information content (AvgIpc) is 2.58. The molecule has 2 unspecified atom stereocenters. The number of nitrogens with zero attached hydrogens (tertiary/aromatic N) is 1. The van der Waals surface area contributed by atoms with Gasteiger partial charge in [-0.05, 0) is 43.8 Å². The smallest absolute Gasteiger partial charge is 0.0639 e. The molecule has 2 bridgehead atoms. The van der Waals surface area contributed by atoms with Gasteiger partial charge >= 0.3 is 0 Å². The van der Waals surface area contributed by atoms with Gasteiger partial charge in [0.1, 0.15) is 0 Å². The van der Waals surface area contributed by atoms with Crippen molar-refractivity contribution in [1.82, 2.24) is 0 Å². The molecule has 2 nitrogen and oxygen atoms in total. The van der Waals surface area contributed by atoms with Gasteiger partial charge in [-0.1, -0.05) is 30.0 Å². The van der Waals surface area contributed by atoms with Crippen LogP contribution in [0.25, 0.3) is 0 Å². The van der Waals surface area contributed by atoms with E-state index in [1.165, 1.54) is 17.6 Å². The van der Waals surface area contributed by atoms with Crippen LogP contribution in [0.2, 0.25) is 0 Å². The SMILES string of the molecule is C=C/C=C1/CC2CCC(C/C1=C/C)C2=NO. The second-order valence-corrected chi connectivity index (χ2v) is 4.65. The Hall–Kier alpha value is -1.31. The molecule has 0 saturated heterocycles. The van der Waals surface area contributed by atoms with E-state index in [2.05, 4.69) is 30.8 Å². The Labute approximate surface area is 97.0 Å². The number of fused-ring (bicyclic) bond motifs is 2. The molecule has 0 aromatic rings. The Balaban J connectivity index is 2.35. The number of rotatable bonds is 1. The van der Waals surface area contributed by atoms with Crippen molar-refractivity contribution in [1.29, 1.82) is 0 Å². The van der Waals surface area contributed by atoms with Gasteiger partial charge in [-0.2, -0.15) is 0 Å². The lowest BCUT2D eigenvalue weighted by atomic mass is 9.91. The van der Waals surface area contributed by atoms with E-state index in [9.17, 15) is 0 Å². The van der Waals surface area contributed by atoms with Crippen LogP contribution in [-0.4, -0.2) is 10.9 Å². The molecule has 0 radical (unpaired) electrons. The summed E-state index contributed by atoms with van der Waals surface area (Å²) in [6.07, 6.45) is 10.5. The predicted molar refractivity (Wildman–Crippen MR) is 66.7 cm³/mol. The molecule has 2 aliphatic carbocycles. The van der Waals surface area contributed by atoms with Crippen molar-refractivity contribution < 1.29 is 5.21 Å². The van der Waals surface area contributed by atoms with Crippen molar-refractivity contribution in [2.45, 2.75) is 32.6 Å². The zero-order chi connectivity index (χ0) is 11.5. The second kappa shape index (κ2) is 4.69. The summed E-state index contributed by atoms with van der Waals surface area (Å²) in [5, 5.41) is 12.6. The number of hydrogen-bond donors (Lipinski definition) is 1. The summed E-state index contributed by atoms with van der Waals surface area (Å²) in [7, 11) is 0. The topological polar surface area (TPSA) is 32.6 Å². The average molecular weight is 217 g/mol. The van der Waals surface area contributed by atoms with E-state index in [0.29, 0.717) is 11.8 Å². The molecule has 2 aliphatic rings. The zero-order valence-electron chi connectivity index (χ0n) is 9.82. The summed E-state index contributed by atoms with van der Waals surface area (Å²) in [5.41, 5.74) is 3.78. The molecule has 0 spiro atoms. The Morgan fingerprint density at radius 3 is 2.38 bits per heavy atom. The summed E-state index contributed by atoms with van der Waals surface area (Å²) in [4.78, 5) is 0. The third-order valence-corrected chi connectivity index (χ3v) is 3.83. The third kappa shape index (κ3) is 1.84. The Bertz CT molecular complexity index is 376. The maximum absolute atomic E-state index is 9.10. The van der Waals surface area contributed by atoms with Crippen molar-refractivity contribution in [2.75, 3.05) is 0 Å². The van der Waals surface area contributed by atoms with E-state index in [-0.39, 0.29) is 0 Å². The van der Waals surface area contributed by atoms with Gasteiger partial charge in [0.2, 0.25) is 0 Å². The molecule has 16 heavy (non-hydrogen) atoms. The summed E-state index contributed by atoms with van der Waals surface area (Å²) < 4.78 is 0. The lowest BCUT2D eigenvalue weighted by Gasteiger charge is -2.14. The molecular weight excluding hydrogens is 198 g/mol. The highest BCUT2D eigenvalue weighted by Gasteiger charge is 2.36. The van der Waals surface area contributed by atoms with Gasteiger partial charge in [0, 0.05) is 11.8 Å². The highest BCUT2D eigenvalue weighted by molar-refractivity contribution is 5.91. The van der Waals surface area contributed by atoms with Crippen molar-refractivity contribution in [3.63, 3.8) is 0 Å². The standard InChI is InChI=1S/C14H19NO/c1-3-5-11-9-13-7-6-12(14(13)15-16)8-10(11)4-2/h3-5,12-13,16H,1,6-9H2,2H3/b10-4-,11-5-,15-14?. The molecule has 1 N–H and O–H groups in total.